The number of hydrogen-bond donors (Lipinski definition) is 2. The van der Waals surface area contributed by atoms with Crippen LogP contribution in [0.4, 0.5) is 0 Å². The summed E-state index contributed by atoms with van der Waals surface area (Å²) in [5, 5.41) is 18.4. The van der Waals surface area contributed by atoms with Crippen molar-refractivity contribution in [3.8, 4) is 17.2 Å². The van der Waals surface area contributed by atoms with Crippen LogP contribution in [0.5, 0.6) is 17.2 Å². The molecule has 7 heteroatoms. The van der Waals surface area contributed by atoms with Gasteiger partial charge in [-0.05, 0) is 104 Å². The Morgan fingerprint density at radius 3 is 2.19 bits per heavy atom. The van der Waals surface area contributed by atoms with E-state index in [1.54, 1.807) is 30.3 Å². The predicted molar refractivity (Wildman–Crippen MR) is 104 cm³/mol. The Morgan fingerprint density at radius 1 is 1.05 bits per heavy atom. The second kappa shape index (κ2) is 7.31. The van der Waals surface area contributed by atoms with Crippen LogP contribution >= 0.6 is 67.8 Å². The molecule has 0 saturated heterocycles. The molecule has 0 unspecified atom stereocenters. The number of rotatable bonds is 4. The summed E-state index contributed by atoms with van der Waals surface area (Å²) in [6.07, 6.45) is -0.0105. The molecule has 0 aliphatic carbocycles. The molecule has 2 rings (SSSR count). The number of ether oxygens (including phenoxy) is 1. The molecule has 0 saturated carbocycles. The van der Waals surface area contributed by atoms with Gasteiger partial charge in [0, 0.05) is 0 Å². The molecular weight excluding hydrogens is 619 g/mol. The van der Waals surface area contributed by atoms with Crippen molar-refractivity contribution in [3.63, 3.8) is 0 Å². The summed E-state index contributed by atoms with van der Waals surface area (Å²) in [7, 11) is 0. The Morgan fingerprint density at radius 2 is 1.67 bits per heavy atom. The van der Waals surface area contributed by atoms with Gasteiger partial charge in [-0.25, -0.2) is 0 Å². The van der Waals surface area contributed by atoms with Crippen molar-refractivity contribution in [2.24, 2.45) is 0 Å². The van der Waals surface area contributed by atoms with Crippen LogP contribution in [0.25, 0.3) is 0 Å². The third kappa shape index (κ3) is 4.58. The summed E-state index contributed by atoms with van der Waals surface area (Å²) in [6, 6.07) is 8.62. The van der Waals surface area contributed by atoms with Crippen LogP contribution in [-0.2, 0) is 11.2 Å². The van der Waals surface area contributed by atoms with Crippen LogP contribution in [0.3, 0.4) is 0 Å². The lowest BCUT2D eigenvalue weighted by molar-refractivity contribution is -0.136. The minimum Gasteiger partial charge on any atom is -0.507 e. The molecule has 0 heterocycles. The van der Waals surface area contributed by atoms with Crippen molar-refractivity contribution >= 4 is 73.7 Å². The Kier molecular flexibility index (Phi) is 5.94. The minimum absolute atomic E-state index is 0.0105. The molecule has 0 aromatic heterocycles. The van der Waals surface area contributed by atoms with Gasteiger partial charge in [-0.15, -0.1) is 0 Å². The Labute approximate surface area is 162 Å². The molecule has 0 aliphatic heterocycles. The SMILES string of the molecule is O=C(O)Cc1cc(I)c(O[13c]2[13cH][13cH][13c](O)[13c](I)[13cH]2)c(I)c1. The maximum Gasteiger partial charge on any atom is 0.307 e. The molecule has 0 atom stereocenters. The number of carbonyl (C=O) groups is 1. The van der Waals surface area contributed by atoms with Gasteiger partial charge in [-0.2, -0.15) is 0 Å². The van der Waals surface area contributed by atoms with Gasteiger partial charge < -0.3 is 14.9 Å². The van der Waals surface area contributed by atoms with E-state index in [1.165, 1.54) is 0 Å². The van der Waals surface area contributed by atoms with Gasteiger partial charge in [0.05, 0.1) is 17.1 Å². The maximum atomic E-state index is 10.8. The van der Waals surface area contributed by atoms with Crippen molar-refractivity contribution in [1.82, 2.24) is 0 Å². The Bertz CT molecular complexity index is 678. The van der Waals surface area contributed by atoms with Crippen LogP contribution in [0.1, 0.15) is 5.56 Å². The summed E-state index contributed by atoms with van der Waals surface area (Å²) < 4.78 is 8.26. The number of aliphatic carboxylic acids is 1. The van der Waals surface area contributed by atoms with Gasteiger partial charge in [0.15, 0.2) is 5.75 Å². The van der Waals surface area contributed by atoms with Gasteiger partial charge in [0.25, 0.3) is 0 Å². The normalized spacial score (nSPS) is 10.4. The van der Waals surface area contributed by atoms with Crippen LogP contribution in [0.15, 0.2) is 30.3 Å². The highest BCUT2D eigenvalue weighted by atomic mass is 127. The predicted octanol–water partition coefficient (Wildman–Crippen LogP) is 4.63. The molecule has 110 valence electrons. The van der Waals surface area contributed by atoms with E-state index in [0.717, 1.165) is 12.7 Å². The molecule has 4 nitrogen and oxygen atoms in total. The largest absolute Gasteiger partial charge is 0.507 e. The second-order valence-corrected chi connectivity index (χ2v) is 7.66. The Hall–Kier alpha value is -0.300. The maximum absolute atomic E-state index is 10.8. The average Bonchev–Trinajstić information content (AvgIpc) is 2.37. The lowest BCUT2D eigenvalue weighted by atomic mass is 10.1. The third-order valence-corrected chi connectivity index (χ3v) is 5.02. The fourth-order valence-corrected chi connectivity index (χ4v) is 4.26. The summed E-state index contributed by atoms with van der Waals surface area (Å²) in [5.74, 6) is 0.665. The number of phenols is 1. The lowest BCUT2D eigenvalue weighted by Gasteiger charge is -2.12. The fraction of sp³-hybridized carbons (Fsp3) is 0.0714. The third-order valence-electron chi connectivity index (χ3n) is 2.55. The van der Waals surface area contributed by atoms with E-state index in [0.29, 0.717) is 15.1 Å². The average molecular weight is 628 g/mol. The zero-order valence-corrected chi connectivity index (χ0v) is 16.9. The monoisotopic (exact) mass is 628 g/mol. The number of carboxylic acids is 1. The molecule has 21 heavy (non-hydrogen) atoms. The molecule has 0 spiro atoms. The summed E-state index contributed by atoms with van der Waals surface area (Å²) in [5.41, 5.74) is 0.740. The lowest BCUT2D eigenvalue weighted by Crippen LogP contribution is -2.02. The first kappa shape index (κ1) is 17.1. The first-order valence-electron chi connectivity index (χ1n) is 5.73. The molecule has 0 radical (unpaired) electrons. The smallest absolute Gasteiger partial charge is 0.307 e. The molecule has 0 amide bonds. The number of aromatic hydroxyl groups is 1. The zero-order valence-electron chi connectivity index (χ0n) is 10.4. The highest BCUT2D eigenvalue weighted by Crippen LogP contribution is 2.34. The first-order chi connectivity index (χ1) is 9.86. The highest BCUT2D eigenvalue weighted by molar-refractivity contribution is 14.1. The van der Waals surface area contributed by atoms with Gasteiger partial charge >= 0.3 is 5.97 Å². The van der Waals surface area contributed by atoms with E-state index in [4.69, 9.17) is 9.84 Å². The number of phenolic OH excluding ortho intramolecular Hbond substituents is 1. The molecular formula is C14H9I3O4. The molecule has 2 aromatic carbocycles. The first-order valence-corrected chi connectivity index (χ1v) is 8.96. The van der Waals surface area contributed by atoms with Gasteiger partial charge in [-0.3, -0.25) is 4.79 Å². The van der Waals surface area contributed by atoms with Crippen molar-refractivity contribution in [2.75, 3.05) is 0 Å². The highest BCUT2D eigenvalue weighted by Gasteiger charge is 2.12. The summed E-state index contributed by atoms with van der Waals surface area (Å²) >= 11 is 6.28. The van der Waals surface area contributed by atoms with E-state index in [2.05, 4.69) is 45.2 Å². The fourth-order valence-electron chi connectivity index (χ4n) is 1.66. The number of halogens is 3. The van der Waals surface area contributed by atoms with Gasteiger partial charge in [0.1, 0.15) is 11.5 Å². The zero-order chi connectivity index (χ0) is 15.6. The molecule has 2 N–H and O–H groups in total. The van der Waals surface area contributed by atoms with Gasteiger partial charge in [0.2, 0.25) is 0 Å². The van der Waals surface area contributed by atoms with Crippen molar-refractivity contribution in [3.05, 3.63) is 46.6 Å². The molecule has 0 aliphatic rings. The van der Waals surface area contributed by atoms with Crippen molar-refractivity contribution < 1.29 is 19.7 Å². The second-order valence-electron chi connectivity index (χ2n) is 4.17. The van der Waals surface area contributed by atoms with E-state index in [-0.39, 0.29) is 12.2 Å². The topological polar surface area (TPSA) is 66.8 Å². The van der Waals surface area contributed by atoms with E-state index in [9.17, 15) is 9.90 Å². The van der Waals surface area contributed by atoms with E-state index in [1.807, 2.05) is 22.6 Å². The quantitative estimate of drug-likeness (QED) is 0.486. The van der Waals surface area contributed by atoms with Crippen LogP contribution in [0, 0.1) is 10.7 Å². The van der Waals surface area contributed by atoms with Crippen LogP contribution in [0.2, 0.25) is 0 Å². The number of hydrogen-bond acceptors (Lipinski definition) is 3. The standard InChI is InChI=1S/C14H9I3O4/c15-9-6-8(1-2-12(9)18)21-14-10(16)3-7(4-11(14)17)5-13(19)20/h1-4,6,18H,5H2,(H,19,20)/i1+1,2+1,6+1,8+1,9+1,12+1. The minimum atomic E-state index is -0.858. The summed E-state index contributed by atoms with van der Waals surface area (Å²) in [6.45, 7) is 0. The van der Waals surface area contributed by atoms with Crippen molar-refractivity contribution in [1.29, 1.82) is 0 Å². The van der Waals surface area contributed by atoms with Crippen LogP contribution < -0.4 is 4.74 Å². The number of carboxylic acid groups (broad SMARTS) is 1. The van der Waals surface area contributed by atoms with Crippen LogP contribution in [-0.4, -0.2) is 16.2 Å². The van der Waals surface area contributed by atoms with E-state index >= 15 is 0 Å². The summed E-state index contributed by atoms with van der Waals surface area (Å²) in [4.78, 5) is 10.8. The van der Waals surface area contributed by atoms with Crippen molar-refractivity contribution in [2.45, 2.75) is 6.42 Å². The molecule has 2 aromatic rings. The van der Waals surface area contributed by atoms with Gasteiger partial charge in [-0.1, -0.05) is 0 Å². The molecule has 0 fully saturated rings. The van der Waals surface area contributed by atoms with E-state index < -0.39 is 5.97 Å². The Balaban J connectivity index is 2.31. The molecule has 0 bridgehead atoms. The number of benzene rings is 2.